The van der Waals surface area contributed by atoms with Crippen LogP contribution in [0.2, 0.25) is 0 Å². The zero-order chi connectivity index (χ0) is 24.9. The molecule has 0 saturated heterocycles. The van der Waals surface area contributed by atoms with E-state index in [9.17, 15) is 5.11 Å². The minimum absolute atomic E-state index is 0.0334. The number of amidine groups is 1. The van der Waals surface area contributed by atoms with Crippen molar-refractivity contribution in [2.45, 2.75) is 57.8 Å². The smallest absolute Gasteiger partial charge is 0.213 e. The number of aromatic nitrogens is 1. The highest BCUT2D eigenvalue weighted by Gasteiger charge is 2.34. The van der Waals surface area contributed by atoms with Crippen LogP contribution in [-0.4, -0.2) is 34.7 Å². The van der Waals surface area contributed by atoms with Gasteiger partial charge in [-0.1, -0.05) is 13.0 Å². The molecule has 0 aliphatic heterocycles. The largest absolute Gasteiger partial charge is 0.498 e. The average Bonchev–Trinajstić information content (AvgIpc) is 3.37. The molecule has 1 aromatic carbocycles. The zero-order valence-corrected chi connectivity index (χ0v) is 20.1. The van der Waals surface area contributed by atoms with Crippen molar-refractivity contribution in [1.82, 2.24) is 4.98 Å². The predicted molar refractivity (Wildman–Crippen MR) is 134 cm³/mol. The minimum Gasteiger partial charge on any atom is -0.498 e. The Kier molecular flexibility index (Phi) is 7.70. The van der Waals surface area contributed by atoms with Crippen molar-refractivity contribution in [1.29, 1.82) is 5.41 Å². The fraction of sp³-hybridized carbons (Fsp3) is 0.407. The lowest BCUT2D eigenvalue weighted by atomic mass is 9.88. The lowest BCUT2D eigenvalue weighted by Gasteiger charge is -2.30. The van der Waals surface area contributed by atoms with Crippen molar-refractivity contribution < 1.29 is 19.0 Å². The fourth-order valence-corrected chi connectivity index (χ4v) is 4.52. The topological polar surface area (TPSA) is 113 Å². The summed E-state index contributed by atoms with van der Waals surface area (Å²) in [5.74, 6) is -0.141. The van der Waals surface area contributed by atoms with Gasteiger partial charge in [-0.05, 0) is 69.0 Å². The molecule has 0 bridgehead atoms. The van der Waals surface area contributed by atoms with Gasteiger partial charge in [0.05, 0.1) is 18.3 Å². The molecular formula is C27H33FN4O3. The molecule has 2 aliphatic rings. The second-order valence-corrected chi connectivity index (χ2v) is 9.01. The number of rotatable bonds is 9. The maximum absolute atomic E-state index is 15.5. The molecular weight excluding hydrogens is 447 g/mol. The van der Waals surface area contributed by atoms with E-state index in [1.54, 1.807) is 37.3 Å². The summed E-state index contributed by atoms with van der Waals surface area (Å²) >= 11 is 0. The van der Waals surface area contributed by atoms with Gasteiger partial charge in [-0.25, -0.2) is 9.37 Å². The van der Waals surface area contributed by atoms with E-state index in [2.05, 4.69) is 5.32 Å². The molecule has 0 amide bonds. The molecule has 2 aromatic rings. The van der Waals surface area contributed by atoms with Gasteiger partial charge in [0, 0.05) is 28.8 Å². The number of hydrogen-bond acceptors (Lipinski definition) is 6. The highest BCUT2D eigenvalue weighted by Crippen LogP contribution is 2.39. The van der Waals surface area contributed by atoms with Crippen LogP contribution >= 0.6 is 0 Å². The molecule has 3 unspecified atom stereocenters. The second kappa shape index (κ2) is 10.9. The minimum atomic E-state index is -1.32. The first-order valence-corrected chi connectivity index (χ1v) is 12.1. The van der Waals surface area contributed by atoms with Gasteiger partial charge in [0.1, 0.15) is 29.6 Å². The number of nitrogens with zero attached hydrogens (tertiary/aromatic N) is 1. The number of nitrogen functional groups attached to an aromatic ring is 1. The van der Waals surface area contributed by atoms with E-state index in [1.807, 2.05) is 25.1 Å². The lowest BCUT2D eigenvalue weighted by molar-refractivity contribution is 0.0899. The summed E-state index contributed by atoms with van der Waals surface area (Å²) in [4.78, 5) is 4.71. The summed E-state index contributed by atoms with van der Waals surface area (Å²) in [6, 6.07) is 11.7. The Bertz CT molecular complexity index is 1110. The molecule has 7 nitrogen and oxygen atoms in total. The van der Waals surface area contributed by atoms with Crippen molar-refractivity contribution in [2.24, 2.45) is 11.7 Å². The maximum atomic E-state index is 15.5. The van der Waals surface area contributed by atoms with Gasteiger partial charge in [0.25, 0.3) is 0 Å². The second-order valence-electron chi connectivity index (χ2n) is 9.01. The van der Waals surface area contributed by atoms with Gasteiger partial charge >= 0.3 is 0 Å². The highest BCUT2D eigenvalue weighted by atomic mass is 19.1. The van der Waals surface area contributed by atoms with E-state index in [-0.39, 0.29) is 17.5 Å². The third-order valence-corrected chi connectivity index (χ3v) is 6.51. The number of aliphatic hydroxyl groups excluding tert-OH is 1. The molecule has 2 aliphatic carbocycles. The van der Waals surface area contributed by atoms with Crippen molar-refractivity contribution in [3.05, 3.63) is 77.0 Å². The molecule has 4 rings (SSSR count). The van der Waals surface area contributed by atoms with Crippen molar-refractivity contribution in [3.8, 4) is 5.88 Å². The summed E-state index contributed by atoms with van der Waals surface area (Å²) < 4.78 is 27.3. The first-order valence-electron chi connectivity index (χ1n) is 12.1. The number of hydrogen-bond donors (Lipinski definition) is 4. The fourth-order valence-electron chi connectivity index (χ4n) is 4.52. The van der Waals surface area contributed by atoms with E-state index in [4.69, 9.17) is 25.6 Å². The van der Waals surface area contributed by atoms with E-state index >= 15 is 4.39 Å². The average molecular weight is 481 g/mol. The van der Waals surface area contributed by atoms with Gasteiger partial charge in [0.15, 0.2) is 0 Å². The molecule has 0 radical (unpaired) electrons. The molecule has 8 heteroatoms. The number of nitrogens with two attached hydrogens (primary N) is 1. The highest BCUT2D eigenvalue weighted by molar-refractivity contribution is 5.95. The molecule has 1 saturated carbocycles. The normalized spacial score (nSPS) is 21.4. The third kappa shape index (κ3) is 5.65. The van der Waals surface area contributed by atoms with Crippen LogP contribution in [-0.2, 0) is 4.74 Å². The van der Waals surface area contributed by atoms with Gasteiger partial charge in [-0.3, -0.25) is 5.41 Å². The molecule has 1 aromatic heterocycles. The summed E-state index contributed by atoms with van der Waals surface area (Å²) in [6.07, 6.45) is 4.76. The van der Waals surface area contributed by atoms with Gasteiger partial charge in [0.2, 0.25) is 5.88 Å². The maximum Gasteiger partial charge on any atom is 0.213 e. The molecule has 186 valence electrons. The number of benzene rings is 1. The molecule has 3 atom stereocenters. The Hall–Kier alpha value is -3.39. The van der Waals surface area contributed by atoms with Crippen LogP contribution in [0.25, 0.3) is 0 Å². The Morgan fingerprint density at radius 3 is 2.60 bits per heavy atom. The van der Waals surface area contributed by atoms with Crippen LogP contribution in [0.4, 0.5) is 10.1 Å². The Morgan fingerprint density at radius 1 is 1.23 bits per heavy atom. The standard InChI is InChI=1S/C27H33FN4O3/c1-3-34-22-15-20(24(28)26(33)16(22)2)25(31-18-13-11-17(12-14-18)27(29)30)21-9-6-10-23(32-21)35-19-7-4-5-8-19/h6,9-16,19,25-26,31,33H,3-5,7-8H2,1-2H3,(H3,29,30). The number of aliphatic hydroxyl groups is 1. The summed E-state index contributed by atoms with van der Waals surface area (Å²) in [5, 5.41) is 21.6. The van der Waals surface area contributed by atoms with Crippen LogP contribution in [0.1, 0.15) is 56.8 Å². The zero-order valence-electron chi connectivity index (χ0n) is 20.1. The van der Waals surface area contributed by atoms with E-state index < -0.39 is 23.9 Å². The van der Waals surface area contributed by atoms with Gasteiger partial charge in [-0.15, -0.1) is 0 Å². The molecule has 35 heavy (non-hydrogen) atoms. The van der Waals surface area contributed by atoms with Crippen molar-refractivity contribution >= 4 is 11.5 Å². The number of pyridine rings is 1. The number of halogens is 1. The SMILES string of the molecule is CCOC1=CC(C(Nc2ccc(C(=N)N)cc2)c2cccc(OC3CCCC3)n2)=C(F)C(O)C1C. The molecule has 1 fully saturated rings. The number of ether oxygens (including phenoxy) is 2. The third-order valence-electron chi connectivity index (χ3n) is 6.51. The quantitative estimate of drug-likeness (QED) is 0.297. The Balaban J connectivity index is 1.73. The lowest BCUT2D eigenvalue weighted by Crippen LogP contribution is -2.29. The van der Waals surface area contributed by atoms with Gasteiger partial charge < -0.3 is 25.6 Å². The van der Waals surface area contributed by atoms with E-state index in [1.165, 1.54) is 0 Å². The Morgan fingerprint density at radius 2 is 1.94 bits per heavy atom. The monoisotopic (exact) mass is 480 g/mol. The van der Waals surface area contributed by atoms with Crippen LogP contribution < -0.4 is 15.8 Å². The van der Waals surface area contributed by atoms with Crippen molar-refractivity contribution in [3.63, 3.8) is 0 Å². The Labute approximate surface area is 205 Å². The van der Waals surface area contributed by atoms with E-state index in [0.717, 1.165) is 25.7 Å². The van der Waals surface area contributed by atoms with Crippen LogP contribution in [0.5, 0.6) is 5.88 Å². The summed E-state index contributed by atoms with van der Waals surface area (Å²) in [5.41, 5.74) is 7.65. The summed E-state index contributed by atoms with van der Waals surface area (Å²) in [6.45, 7) is 4.00. The molecule has 5 N–H and O–H groups in total. The number of anilines is 1. The summed E-state index contributed by atoms with van der Waals surface area (Å²) in [7, 11) is 0. The molecule has 1 heterocycles. The van der Waals surface area contributed by atoms with Gasteiger partial charge in [-0.2, -0.15) is 0 Å². The van der Waals surface area contributed by atoms with Crippen LogP contribution in [0.3, 0.4) is 0 Å². The predicted octanol–water partition coefficient (Wildman–Crippen LogP) is 4.99. The van der Waals surface area contributed by atoms with E-state index in [0.29, 0.717) is 35.2 Å². The number of nitrogens with one attached hydrogen (secondary N) is 2. The first kappa shape index (κ1) is 24.7. The molecule has 0 spiro atoms. The van der Waals surface area contributed by atoms with Crippen LogP contribution in [0.15, 0.2) is 65.7 Å². The van der Waals surface area contributed by atoms with Crippen LogP contribution in [0, 0.1) is 11.3 Å². The first-order chi connectivity index (χ1) is 16.9. The van der Waals surface area contributed by atoms with Crippen molar-refractivity contribution in [2.75, 3.05) is 11.9 Å².